The molecule has 0 unspecified atom stereocenters. The number of nitrogens with zero attached hydrogens (tertiary/aromatic N) is 1. The molecule has 0 aliphatic rings. The van der Waals surface area contributed by atoms with Crippen LogP contribution in [0.5, 0.6) is 0 Å². The third-order valence-corrected chi connectivity index (χ3v) is 1.78. The van der Waals surface area contributed by atoms with Crippen LogP contribution in [0.15, 0.2) is 17.8 Å². The fraction of sp³-hybridized carbons (Fsp3) is 0.143. The fourth-order valence-electron chi connectivity index (χ4n) is 0.526. The van der Waals surface area contributed by atoms with Crippen LogP contribution in [0.25, 0.3) is 6.08 Å². The first-order chi connectivity index (χ1) is 5.33. The number of aromatic nitrogens is 1. The van der Waals surface area contributed by atoms with Crippen LogP contribution in [0.1, 0.15) is 4.88 Å². The predicted molar refractivity (Wildman–Crippen MR) is 43.2 cm³/mol. The summed E-state index contributed by atoms with van der Waals surface area (Å²) < 4.78 is 4.41. The molecule has 1 rings (SSSR count). The van der Waals surface area contributed by atoms with E-state index >= 15 is 0 Å². The van der Waals surface area contributed by atoms with E-state index < -0.39 is 0 Å². The molecule has 0 radical (unpaired) electrons. The highest BCUT2D eigenvalue weighted by atomic mass is 32.1. The smallest absolute Gasteiger partial charge is 0.330 e. The Kier molecular flexibility index (Phi) is 2.80. The van der Waals surface area contributed by atoms with Crippen LogP contribution in [-0.4, -0.2) is 18.1 Å². The normalized spacial score (nSPS) is 10.3. The van der Waals surface area contributed by atoms with Crippen molar-refractivity contribution in [2.24, 2.45) is 0 Å². The summed E-state index contributed by atoms with van der Waals surface area (Å²) in [4.78, 5) is 15.4. The summed E-state index contributed by atoms with van der Waals surface area (Å²) in [6.45, 7) is 0. The Morgan fingerprint density at radius 2 is 2.64 bits per heavy atom. The van der Waals surface area contributed by atoms with Gasteiger partial charge >= 0.3 is 5.97 Å². The van der Waals surface area contributed by atoms with E-state index in [9.17, 15) is 4.79 Å². The maximum absolute atomic E-state index is 10.6. The van der Waals surface area contributed by atoms with Gasteiger partial charge in [0.15, 0.2) is 0 Å². The van der Waals surface area contributed by atoms with Crippen molar-refractivity contribution >= 4 is 23.4 Å². The average Bonchev–Trinajstić information content (AvgIpc) is 2.52. The quantitative estimate of drug-likeness (QED) is 0.495. The van der Waals surface area contributed by atoms with Gasteiger partial charge in [-0.15, -0.1) is 11.3 Å². The molecule has 4 heteroatoms. The van der Waals surface area contributed by atoms with E-state index in [0.29, 0.717) is 0 Å². The first kappa shape index (κ1) is 7.94. The third kappa shape index (κ3) is 2.51. The predicted octanol–water partition coefficient (Wildman–Crippen LogP) is 1.33. The third-order valence-electron chi connectivity index (χ3n) is 1.04. The second kappa shape index (κ2) is 3.88. The molecule has 0 saturated carbocycles. The molecule has 0 aliphatic heterocycles. The van der Waals surface area contributed by atoms with Crippen LogP contribution in [0.4, 0.5) is 0 Å². The number of thiazole rings is 1. The number of ether oxygens (including phenoxy) is 1. The van der Waals surface area contributed by atoms with Crippen molar-refractivity contribution in [3.8, 4) is 0 Å². The topological polar surface area (TPSA) is 39.2 Å². The number of rotatable bonds is 2. The largest absolute Gasteiger partial charge is 0.466 e. The number of methoxy groups -OCH3 is 1. The molecule has 0 amide bonds. The standard InChI is InChI=1S/C7H7NO2S/c1-10-7(9)3-2-6-4-8-5-11-6/h2-5H,1H3/b3-2+. The highest BCUT2D eigenvalue weighted by molar-refractivity contribution is 7.10. The minimum Gasteiger partial charge on any atom is -0.466 e. The second-order valence-corrected chi connectivity index (χ2v) is 2.68. The molecule has 0 spiro atoms. The van der Waals surface area contributed by atoms with Gasteiger partial charge in [0.25, 0.3) is 0 Å². The first-order valence-corrected chi connectivity index (χ1v) is 3.85. The molecule has 0 bridgehead atoms. The van der Waals surface area contributed by atoms with Gasteiger partial charge in [-0.3, -0.25) is 4.98 Å². The zero-order chi connectivity index (χ0) is 8.10. The number of esters is 1. The van der Waals surface area contributed by atoms with E-state index in [4.69, 9.17) is 0 Å². The summed E-state index contributed by atoms with van der Waals surface area (Å²) in [5.41, 5.74) is 1.71. The number of carbonyl (C=O) groups excluding carboxylic acids is 1. The molecule has 0 atom stereocenters. The minimum absolute atomic E-state index is 0.349. The summed E-state index contributed by atoms with van der Waals surface area (Å²) in [6, 6.07) is 0. The molecule has 0 N–H and O–H groups in total. The number of hydrogen-bond acceptors (Lipinski definition) is 4. The number of carbonyl (C=O) groups is 1. The molecule has 58 valence electrons. The monoisotopic (exact) mass is 169 g/mol. The summed E-state index contributed by atoms with van der Waals surface area (Å²) in [6.07, 6.45) is 4.72. The lowest BCUT2D eigenvalue weighted by Gasteiger charge is -1.86. The molecule has 1 aromatic heterocycles. The molecule has 3 nitrogen and oxygen atoms in total. The van der Waals surface area contributed by atoms with Gasteiger partial charge in [-0.25, -0.2) is 4.79 Å². The zero-order valence-electron chi connectivity index (χ0n) is 5.98. The molecular weight excluding hydrogens is 162 g/mol. The van der Waals surface area contributed by atoms with Crippen molar-refractivity contribution in [1.82, 2.24) is 4.98 Å². The Morgan fingerprint density at radius 3 is 3.18 bits per heavy atom. The fourth-order valence-corrected chi connectivity index (χ4v) is 1.04. The van der Waals surface area contributed by atoms with Crippen molar-refractivity contribution in [2.75, 3.05) is 7.11 Å². The van der Waals surface area contributed by atoms with Gasteiger partial charge in [0.1, 0.15) is 0 Å². The summed E-state index contributed by atoms with van der Waals surface area (Å²) in [7, 11) is 1.35. The van der Waals surface area contributed by atoms with E-state index in [1.54, 1.807) is 17.8 Å². The van der Waals surface area contributed by atoms with Crippen LogP contribution >= 0.6 is 11.3 Å². The zero-order valence-corrected chi connectivity index (χ0v) is 6.80. The summed E-state index contributed by atoms with van der Waals surface area (Å²) in [5, 5.41) is 0. The van der Waals surface area contributed by atoms with E-state index in [0.717, 1.165) is 4.88 Å². The van der Waals surface area contributed by atoms with Gasteiger partial charge in [0, 0.05) is 17.2 Å². The lowest BCUT2D eigenvalue weighted by Crippen LogP contribution is -1.92. The molecule has 11 heavy (non-hydrogen) atoms. The van der Waals surface area contributed by atoms with Crippen molar-refractivity contribution in [3.05, 3.63) is 22.7 Å². The SMILES string of the molecule is COC(=O)/C=C/c1cncs1. The molecule has 0 saturated heterocycles. The van der Waals surface area contributed by atoms with E-state index in [-0.39, 0.29) is 5.97 Å². The van der Waals surface area contributed by atoms with Gasteiger partial charge in [-0.1, -0.05) is 0 Å². The highest BCUT2D eigenvalue weighted by Crippen LogP contribution is 2.06. The van der Waals surface area contributed by atoms with E-state index in [1.165, 1.54) is 24.5 Å². The second-order valence-electron chi connectivity index (χ2n) is 1.76. The highest BCUT2D eigenvalue weighted by Gasteiger charge is 1.91. The minimum atomic E-state index is -0.349. The molecule has 0 fully saturated rings. The lowest BCUT2D eigenvalue weighted by atomic mass is 10.4. The lowest BCUT2D eigenvalue weighted by molar-refractivity contribution is -0.134. The van der Waals surface area contributed by atoms with Gasteiger partial charge in [0.05, 0.1) is 12.6 Å². The van der Waals surface area contributed by atoms with Crippen LogP contribution in [-0.2, 0) is 9.53 Å². The van der Waals surface area contributed by atoms with E-state index in [2.05, 4.69) is 9.72 Å². The molecule has 0 aliphatic carbocycles. The molecule has 0 aromatic carbocycles. The summed E-state index contributed by atoms with van der Waals surface area (Å²) in [5.74, 6) is -0.349. The molecule has 1 heterocycles. The Balaban J connectivity index is 2.55. The van der Waals surface area contributed by atoms with Crippen molar-refractivity contribution in [3.63, 3.8) is 0 Å². The Morgan fingerprint density at radius 1 is 1.82 bits per heavy atom. The number of hydrogen-bond donors (Lipinski definition) is 0. The Hall–Kier alpha value is -1.16. The van der Waals surface area contributed by atoms with Crippen LogP contribution in [0, 0.1) is 0 Å². The van der Waals surface area contributed by atoms with Gasteiger partial charge in [-0.05, 0) is 6.08 Å². The van der Waals surface area contributed by atoms with Crippen molar-refractivity contribution < 1.29 is 9.53 Å². The van der Waals surface area contributed by atoms with Gasteiger partial charge in [0.2, 0.25) is 0 Å². The summed E-state index contributed by atoms with van der Waals surface area (Å²) >= 11 is 1.47. The maximum atomic E-state index is 10.6. The Labute approximate surface area is 68.3 Å². The van der Waals surface area contributed by atoms with Crippen LogP contribution < -0.4 is 0 Å². The average molecular weight is 169 g/mol. The van der Waals surface area contributed by atoms with Gasteiger partial charge < -0.3 is 4.74 Å². The Bertz CT molecular complexity index is 253. The maximum Gasteiger partial charge on any atom is 0.330 e. The van der Waals surface area contributed by atoms with E-state index in [1.807, 2.05) is 0 Å². The molecular formula is C7H7NO2S. The van der Waals surface area contributed by atoms with Gasteiger partial charge in [-0.2, -0.15) is 0 Å². The van der Waals surface area contributed by atoms with Crippen molar-refractivity contribution in [1.29, 1.82) is 0 Å². The van der Waals surface area contributed by atoms with Crippen molar-refractivity contribution in [2.45, 2.75) is 0 Å². The first-order valence-electron chi connectivity index (χ1n) is 2.97. The molecule has 1 aromatic rings. The van der Waals surface area contributed by atoms with Crippen LogP contribution in [0.3, 0.4) is 0 Å². The van der Waals surface area contributed by atoms with Crippen LogP contribution in [0.2, 0.25) is 0 Å².